The maximum atomic E-state index is 5.97. The van der Waals surface area contributed by atoms with Crippen LogP contribution in [-0.2, 0) is 17.0 Å². The van der Waals surface area contributed by atoms with Crippen molar-refractivity contribution in [1.82, 2.24) is 19.7 Å². The molecule has 1 atom stereocenters. The second-order valence-corrected chi connectivity index (χ2v) is 8.08. The zero-order chi connectivity index (χ0) is 17.1. The van der Waals surface area contributed by atoms with Crippen LogP contribution in [0.1, 0.15) is 18.4 Å². The fourth-order valence-corrected chi connectivity index (χ4v) is 4.62. The lowest BCUT2D eigenvalue weighted by molar-refractivity contribution is 0.0953. The van der Waals surface area contributed by atoms with Gasteiger partial charge in [-0.3, -0.25) is 4.57 Å². The molecule has 8 heteroatoms. The number of thioether (sulfide) groups is 1. The molecule has 130 valence electrons. The van der Waals surface area contributed by atoms with Crippen molar-refractivity contribution in [3.8, 4) is 10.7 Å². The number of ether oxygens (including phenoxy) is 1. The van der Waals surface area contributed by atoms with E-state index in [2.05, 4.69) is 31.2 Å². The Morgan fingerprint density at radius 2 is 2.32 bits per heavy atom. The Hall–Kier alpha value is -1.41. The molecule has 4 rings (SSSR count). The average molecular weight is 393 g/mol. The molecule has 1 aliphatic heterocycles. The fourth-order valence-electron chi connectivity index (χ4n) is 2.82. The first-order valence-electron chi connectivity index (χ1n) is 8.11. The lowest BCUT2D eigenvalue weighted by Crippen LogP contribution is -2.16. The van der Waals surface area contributed by atoms with E-state index < -0.39 is 0 Å². The van der Waals surface area contributed by atoms with Crippen LogP contribution < -0.4 is 0 Å². The van der Waals surface area contributed by atoms with Crippen LogP contribution in [0.15, 0.2) is 41.0 Å². The topological polar surface area (TPSA) is 52.8 Å². The molecule has 25 heavy (non-hydrogen) atoms. The average Bonchev–Trinajstić information content (AvgIpc) is 3.36. The number of nitrogens with zero attached hydrogens (tertiary/aromatic N) is 4. The van der Waals surface area contributed by atoms with Crippen LogP contribution in [0.3, 0.4) is 0 Å². The van der Waals surface area contributed by atoms with Gasteiger partial charge in [0, 0.05) is 18.6 Å². The first-order valence-corrected chi connectivity index (χ1v) is 10.4. The summed E-state index contributed by atoms with van der Waals surface area (Å²) in [6, 6.07) is 7.98. The standard InChI is InChI=1S/C17H17ClN4OS2/c18-15-9-12(5-6-19-15)11-25-17-21-20-16(14-4-2-8-24-14)22(17)10-13-3-1-7-23-13/h2,4-6,8-9,13H,1,3,7,10-11H2. The Morgan fingerprint density at radius 3 is 3.08 bits per heavy atom. The molecule has 0 amide bonds. The van der Waals surface area contributed by atoms with Crippen LogP contribution in [0.25, 0.3) is 10.7 Å². The summed E-state index contributed by atoms with van der Waals surface area (Å²) < 4.78 is 8.01. The van der Waals surface area contributed by atoms with Gasteiger partial charge in [0.15, 0.2) is 11.0 Å². The molecule has 3 aromatic rings. The van der Waals surface area contributed by atoms with Crippen LogP contribution in [0.2, 0.25) is 5.15 Å². The molecular weight excluding hydrogens is 376 g/mol. The van der Waals surface area contributed by atoms with Crippen LogP contribution in [-0.4, -0.2) is 32.5 Å². The van der Waals surface area contributed by atoms with Gasteiger partial charge in [-0.2, -0.15) is 0 Å². The molecule has 1 unspecified atom stereocenters. The Labute approximate surface area is 159 Å². The van der Waals surface area contributed by atoms with Gasteiger partial charge >= 0.3 is 0 Å². The number of rotatable bonds is 6. The Kier molecular flexibility index (Phi) is 5.36. The van der Waals surface area contributed by atoms with Gasteiger partial charge in [0.2, 0.25) is 0 Å². The molecule has 0 radical (unpaired) electrons. The number of halogens is 1. The molecule has 0 bridgehead atoms. The third-order valence-electron chi connectivity index (χ3n) is 4.03. The largest absolute Gasteiger partial charge is 0.376 e. The highest BCUT2D eigenvalue weighted by atomic mass is 35.5. The van der Waals surface area contributed by atoms with Crippen molar-refractivity contribution < 1.29 is 4.74 Å². The van der Waals surface area contributed by atoms with Crippen molar-refractivity contribution in [1.29, 1.82) is 0 Å². The molecule has 0 aliphatic carbocycles. The molecule has 1 saturated heterocycles. The molecule has 5 nitrogen and oxygen atoms in total. The second-order valence-electron chi connectivity index (χ2n) is 5.80. The van der Waals surface area contributed by atoms with E-state index in [0.29, 0.717) is 5.15 Å². The summed E-state index contributed by atoms with van der Waals surface area (Å²) >= 11 is 9.32. The number of aromatic nitrogens is 4. The van der Waals surface area contributed by atoms with Gasteiger partial charge in [0.1, 0.15) is 5.15 Å². The van der Waals surface area contributed by atoms with Crippen molar-refractivity contribution >= 4 is 34.7 Å². The van der Waals surface area contributed by atoms with Gasteiger partial charge in [-0.1, -0.05) is 29.4 Å². The van der Waals surface area contributed by atoms with Gasteiger partial charge in [-0.15, -0.1) is 21.5 Å². The summed E-state index contributed by atoms with van der Waals surface area (Å²) in [7, 11) is 0. The van der Waals surface area contributed by atoms with Gasteiger partial charge in [0.05, 0.1) is 17.5 Å². The molecule has 0 aromatic carbocycles. The smallest absolute Gasteiger partial charge is 0.191 e. The first-order chi connectivity index (χ1) is 12.3. The van der Waals surface area contributed by atoms with Gasteiger partial charge in [0.25, 0.3) is 0 Å². The monoisotopic (exact) mass is 392 g/mol. The highest BCUT2D eigenvalue weighted by Gasteiger charge is 2.22. The van der Waals surface area contributed by atoms with Crippen LogP contribution in [0, 0.1) is 0 Å². The normalized spacial score (nSPS) is 17.2. The molecule has 0 saturated carbocycles. The minimum Gasteiger partial charge on any atom is -0.376 e. The predicted octanol–water partition coefficient (Wildman–Crippen LogP) is 4.53. The Bertz CT molecular complexity index is 831. The van der Waals surface area contributed by atoms with Crippen molar-refractivity contribution in [3.63, 3.8) is 0 Å². The van der Waals surface area contributed by atoms with E-state index in [0.717, 1.165) is 53.2 Å². The minimum absolute atomic E-state index is 0.240. The van der Waals surface area contributed by atoms with Crippen molar-refractivity contribution in [2.75, 3.05) is 6.61 Å². The lowest BCUT2D eigenvalue weighted by Gasteiger charge is -2.14. The van der Waals surface area contributed by atoms with Gasteiger partial charge in [-0.25, -0.2) is 4.98 Å². The highest BCUT2D eigenvalue weighted by Crippen LogP contribution is 2.30. The maximum absolute atomic E-state index is 5.97. The van der Waals surface area contributed by atoms with Gasteiger partial charge in [-0.05, 0) is 42.0 Å². The number of hydrogen-bond donors (Lipinski definition) is 0. The van der Waals surface area contributed by atoms with E-state index in [-0.39, 0.29) is 6.10 Å². The summed E-state index contributed by atoms with van der Waals surface area (Å²) in [5, 5.41) is 12.4. The summed E-state index contributed by atoms with van der Waals surface area (Å²) in [6.45, 7) is 1.64. The quantitative estimate of drug-likeness (QED) is 0.455. The van der Waals surface area contributed by atoms with Crippen molar-refractivity contribution in [2.45, 2.75) is 36.4 Å². The molecule has 1 aliphatic rings. The zero-order valence-electron chi connectivity index (χ0n) is 13.5. The molecule has 0 N–H and O–H groups in total. The molecule has 1 fully saturated rings. The Morgan fingerprint density at radius 1 is 1.36 bits per heavy atom. The van der Waals surface area contributed by atoms with Crippen LogP contribution in [0.4, 0.5) is 0 Å². The molecule has 0 spiro atoms. The van der Waals surface area contributed by atoms with E-state index in [4.69, 9.17) is 16.3 Å². The van der Waals surface area contributed by atoms with E-state index in [1.807, 2.05) is 18.2 Å². The number of thiophene rings is 1. The van der Waals surface area contributed by atoms with Crippen LogP contribution in [0.5, 0.6) is 0 Å². The summed E-state index contributed by atoms with van der Waals surface area (Å²) in [5.41, 5.74) is 1.12. The molecular formula is C17H17ClN4OS2. The lowest BCUT2D eigenvalue weighted by atomic mass is 10.2. The van der Waals surface area contributed by atoms with E-state index in [9.17, 15) is 0 Å². The second kappa shape index (κ2) is 7.86. The third-order valence-corrected chi connectivity index (χ3v) is 6.14. The summed E-state index contributed by atoms with van der Waals surface area (Å²) in [4.78, 5) is 5.16. The van der Waals surface area contributed by atoms with E-state index in [1.54, 1.807) is 29.3 Å². The Balaban J connectivity index is 1.57. The van der Waals surface area contributed by atoms with Gasteiger partial charge < -0.3 is 4.74 Å². The fraction of sp³-hybridized carbons (Fsp3) is 0.353. The predicted molar refractivity (Wildman–Crippen MR) is 101 cm³/mol. The summed E-state index contributed by atoms with van der Waals surface area (Å²) in [6.07, 6.45) is 4.18. The number of hydrogen-bond acceptors (Lipinski definition) is 6. The minimum atomic E-state index is 0.240. The van der Waals surface area contributed by atoms with Crippen molar-refractivity contribution in [2.24, 2.45) is 0 Å². The molecule has 4 heterocycles. The number of pyridine rings is 1. The maximum Gasteiger partial charge on any atom is 0.191 e. The SMILES string of the molecule is Clc1cc(CSc2nnc(-c3cccs3)n2CC2CCCO2)ccn1. The van der Waals surface area contributed by atoms with E-state index >= 15 is 0 Å². The first kappa shape index (κ1) is 17.0. The van der Waals surface area contributed by atoms with Crippen LogP contribution >= 0.6 is 34.7 Å². The molecule has 3 aromatic heterocycles. The van der Waals surface area contributed by atoms with Crippen molar-refractivity contribution in [3.05, 3.63) is 46.6 Å². The highest BCUT2D eigenvalue weighted by molar-refractivity contribution is 7.98. The zero-order valence-corrected chi connectivity index (χ0v) is 15.9. The summed E-state index contributed by atoms with van der Waals surface area (Å²) in [5.74, 6) is 1.69. The third kappa shape index (κ3) is 4.06. The van der Waals surface area contributed by atoms with E-state index in [1.165, 1.54) is 0 Å².